The summed E-state index contributed by atoms with van der Waals surface area (Å²) in [5.41, 5.74) is 5.90. The average Bonchev–Trinajstić information content (AvgIpc) is 2.58. The molecule has 0 unspecified atom stereocenters. The number of nitrogens with two attached hydrogens (primary N) is 1. The number of benzene rings is 1. The first kappa shape index (κ1) is 21.9. The van der Waals surface area contributed by atoms with Crippen LogP contribution in [0.25, 0.3) is 0 Å². The topological polar surface area (TPSA) is 148 Å². The Kier molecular flexibility index (Phi) is 8.77. The smallest absolute Gasteiger partial charge is 0.408 e. The van der Waals surface area contributed by atoms with Crippen molar-refractivity contribution >= 4 is 23.9 Å². The number of carbonyl (C=O) groups is 4. The summed E-state index contributed by atoms with van der Waals surface area (Å²) >= 11 is 0. The lowest BCUT2D eigenvalue weighted by Gasteiger charge is -2.22. The number of ether oxygens (including phenoxy) is 1. The third-order valence-corrected chi connectivity index (χ3v) is 3.57. The zero-order chi connectivity index (χ0) is 20.4. The van der Waals surface area contributed by atoms with Gasteiger partial charge in [-0.25, -0.2) is 4.79 Å². The summed E-state index contributed by atoms with van der Waals surface area (Å²) in [4.78, 5) is 46.5. The normalized spacial score (nSPS) is 12.7. The molecular weight excluding hydrogens is 354 g/mol. The van der Waals surface area contributed by atoms with Crippen LogP contribution in [-0.2, 0) is 25.7 Å². The Morgan fingerprint density at radius 2 is 1.70 bits per heavy atom. The third-order valence-electron chi connectivity index (χ3n) is 3.57. The van der Waals surface area contributed by atoms with Gasteiger partial charge in [0.05, 0.1) is 6.42 Å². The number of primary amides is 1. The summed E-state index contributed by atoms with van der Waals surface area (Å²) in [7, 11) is 0. The number of carboxylic acids is 1. The lowest BCUT2D eigenvalue weighted by Crippen LogP contribution is -2.53. The molecule has 27 heavy (non-hydrogen) atoms. The van der Waals surface area contributed by atoms with E-state index in [1.165, 1.54) is 0 Å². The van der Waals surface area contributed by atoms with Gasteiger partial charge in [0.2, 0.25) is 11.8 Å². The molecule has 1 aromatic rings. The molecule has 1 rings (SSSR count). The zero-order valence-corrected chi connectivity index (χ0v) is 15.3. The highest BCUT2D eigenvalue weighted by Gasteiger charge is 2.28. The fraction of sp³-hybridized carbons (Fsp3) is 0.444. The quantitative estimate of drug-likeness (QED) is 0.472. The number of aliphatic carboxylic acids is 1. The van der Waals surface area contributed by atoms with Gasteiger partial charge < -0.3 is 26.2 Å². The monoisotopic (exact) mass is 379 g/mol. The molecule has 0 aromatic heterocycles. The molecule has 0 bridgehead atoms. The van der Waals surface area contributed by atoms with Crippen LogP contribution in [0.4, 0.5) is 4.79 Å². The van der Waals surface area contributed by atoms with E-state index in [4.69, 9.17) is 15.6 Å². The number of hydrogen-bond acceptors (Lipinski definition) is 5. The van der Waals surface area contributed by atoms with Gasteiger partial charge in [-0.15, -0.1) is 0 Å². The van der Waals surface area contributed by atoms with E-state index in [0.29, 0.717) is 0 Å². The molecule has 3 amide bonds. The number of amides is 3. The summed E-state index contributed by atoms with van der Waals surface area (Å²) in [5, 5.41) is 13.5. The maximum atomic E-state index is 12.4. The van der Waals surface area contributed by atoms with E-state index in [0.717, 1.165) is 5.56 Å². The second kappa shape index (κ2) is 10.8. The Morgan fingerprint density at radius 3 is 2.22 bits per heavy atom. The van der Waals surface area contributed by atoms with Gasteiger partial charge in [0.1, 0.15) is 18.7 Å². The first-order chi connectivity index (χ1) is 12.7. The number of hydrogen-bond donors (Lipinski definition) is 4. The molecule has 0 spiro atoms. The minimum absolute atomic E-state index is 0.0333. The highest BCUT2D eigenvalue weighted by Crippen LogP contribution is 2.07. The predicted molar refractivity (Wildman–Crippen MR) is 96.4 cm³/mol. The second-order valence-electron chi connectivity index (χ2n) is 6.45. The molecule has 0 aliphatic carbocycles. The van der Waals surface area contributed by atoms with Crippen LogP contribution in [0, 0.1) is 5.92 Å². The molecule has 5 N–H and O–H groups in total. The van der Waals surface area contributed by atoms with Crippen molar-refractivity contribution < 1.29 is 29.0 Å². The SMILES string of the molecule is CC(C)C[C@H](NC(=O)OCc1ccccc1)C(=O)N[C@H](CC(=O)O)C(N)=O. The number of carbonyl (C=O) groups excluding carboxylic acids is 3. The van der Waals surface area contributed by atoms with Gasteiger partial charge in [0.25, 0.3) is 0 Å². The molecule has 0 saturated heterocycles. The summed E-state index contributed by atoms with van der Waals surface area (Å²) in [6.45, 7) is 3.73. The van der Waals surface area contributed by atoms with Crippen LogP contribution >= 0.6 is 0 Å². The zero-order valence-electron chi connectivity index (χ0n) is 15.3. The Balaban J connectivity index is 2.69. The van der Waals surface area contributed by atoms with E-state index in [9.17, 15) is 19.2 Å². The molecule has 1 aromatic carbocycles. The van der Waals surface area contributed by atoms with Crippen LogP contribution in [0.15, 0.2) is 30.3 Å². The molecule has 9 heteroatoms. The van der Waals surface area contributed by atoms with Crippen molar-refractivity contribution in [3.63, 3.8) is 0 Å². The van der Waals surface area contributed by atoms with E-state index in [-0.39, 0.29) is 18.9 Å². The van der Waals surface area contributed by atoms with Crippen LogP contribution in [0.2, 0.25) is 0 Å². The Bertz CT molecular complexity index is 662. The third kappa shape index (κ3) is 8.70. The summed E-state index contributed by atoms with van der Waals surface area (Å²) in [5.74, 6) is -2.91. The van der Waals surface area contributed by atoms with Gasteiger partial charge in [0, 0.05) is 0 Å². The highest BCUT2D eigenvalue weighted by atomic mass is 16.5. The minimum atomic E-state index is -1.37. The Hall–Kier alpha value is -3.10. The first-order valence-corrected chi connectivity index (χ1v) is 8.47. The Morgan fingerprint density at radius 1 is 1.07 bits per heavy atom. The predicted octanol–water partition coefficient (Wildman–Crippen LogP) is 0.772. The molecule has 0 saturated carbocycles. The summed E-state index contributed by atoms with van der Waals surface area (Å²) in [6.07, 6.45) is -1.17. The minimum Gasteiger partial charge on any atom is -0.481 e. The average molecular weight is 379 g/mol. The van der Waals surface area contributed by atoms with Gasteiger partial charge in [0.15, 0.2) is 0 Å². The van der Waals surface area contributed by atoms with Crippen molar-refractivity contribution in [2.75, 3.05) is 0 Å². The van der Waals surface area contributed by atoms with E-state index in [2.05, 4.69) is 10.6 Å². The van der Waals surface area contributed by atoms with Gasteiger partial charge in [-0.3, -0.25) is 14.4 Å². The van der Waals surface area contributed by atoms with Crippen molar-refractivity contribution in [1.29, 1.82) is 0 Å². The van der Waals surface area contributed by atoms with Crippen LogP contribution in [0.5, 0.6) is 0 Å². The molecular formula is C18H25N3O6. The van der Waals surface area contributed by atoms with Crippen molar-refractivity contribution in [3.8, 4) is 0 Å². The van der Waals surface area contributed by atoms with Crippen molar-refractivity contribution in [2.45, 2.75) is 45.4 Å². The van der Waals surface area contributed by atoms with E-state index in [1.54, 1.807) is 24.3 Å². The first-order valence-electron chi connectivity index (χ1n) is 8.47. The largest absolute Gasteiger partial charge is 0.481 e. The number of alkyl carbamates (subject to hydrolysis) is 1. The fourth-order valence-corrected chi connectivity index (χ4v) is 2.28. The maximum Gasteiger partial charge on any atom is 0.408 e. The lowest BCUT2D eigenvalue weighted by atomic mass is 10.0. The molecule has 2 atom stereocenters. The van der Waals surface area contributed by atoms with E-state index >= 15 is 0 Å². The molecule has 9 nitrogen and oxygen atoms in total. The molecule has 0 aliphatic rings. The Labute approximate surface area is 157 Å². The second-order valence-corrected chi connectivity index (χ2v) is 6.45. The summed E-state index contributed by atoms with van der Waals surface area (Å²) < 4.78 is 5.09. The van der Waals surface area contributed by atoms with Crippen molar-refractivity contribution in [1.82, 2.24) is 10.6 Å². The molecule has 0 aliphatic heterocycles. The molecule has 0 heterocycles. The van der Waals surface area contributed by atoms with Gasteiger partial charge in [-0.2, -0.15) is 0 Å². The number of rotatable bonds is 10. The molecule has 0 fully saturated rings. The lowest BCUT2D eigenvalue weighted by molar-refractivity contribution is -0.140. The van der Waals surface area contributed by atoms with Crippen molar-refractivity contribution in [2.24, 2.45) is 11.7 Å². The highest BCUT2D eigenvalue weighted by molar-refractivity contribution is 5.92. The standard InChI is InChI=1S/C18H25N3O6/c1-11(2)8-14(17(25)20-13(16(19)24)9-15(22)23)21-18(26)27-10-12-6-4-3-5-7-12/h3-7,11,13-14H,8-10H2,1-2H3,(H2,19,24)(H,20,25)(H,21,26)(H,22,23)/t13-,14+/m1/s1. The van der Waals surface area contributed by atoms with E-state index in [1.807, 2.05) is 19.9 Å². The van der Waals surface area contributed by atoms with Crippen LogP contribution in [0.3, 0.4) is 0 Å². The molecule has 148 valence electrons. The maximum absolute atomic E-state index is 12.4. The van der Waals surface area contributed by atoms with Gasteiger partial charge in [-0.1, -0.05) is 44.2 Å². The van der Waals surface area contributed by atoms with Crippen molar-refractivity contribution in [3.05, 3.63) is 35.9 Å². The molecule has 0 radical (unpaired) electrons. The van der Waals surface area contributed by atoms with E-state index < -0.39 is 42.4 Å². The van der Waals surface area contributed by atoms with Crippen LogP contribution < -0.4 is 16.4 Å². The van der Waals surface area contributed by atoms with Gasteiger partial charge >= 0.3 is 12.1 Å². The van der Waals surface area contributed by atoms with Gasteiger partial charge in [-0.05, 0) is 17.9 Å². The van der Waals surface area contributed by atoms with Crippen LogP contribution in [-0.4, -0.2) is 41.1 Å². The summed E-state index contributed by atoms with van der Waals surface area (Å²) in [6, 6.07) is 6.65. The van der Waals surface area contributed by atoms with Crippen LogP contribution in [0.1, 0.15) is 32.3 Å². The number of carboxylic acid groups (broad SMARTS) is 1. The number of nitrogens with one attached hydrogen (secondary N) is 2. The fourth-order valence-electron chi connectivity index (χ4n) is 2.28.